The summed E-state index contributed by atoms with van der Waals surface area (Å²) in [5, 5.41) is 2.81. The quantitative estimate of drug-likeness (QED) is 0.269. The van der Waals surface area contributed by atoms with Gasteiger partial charge < -0.3 is 5.32 Å². The van der Waals surface area contributed by atoms with Crippen molar-refractivity contribution in [3.8, 4) is 0 Å². The summed E-state index contributed by atoms with van der Waals surface area (Å²) < 4.78 is 0. The molecule has 1 nitrogen and oxygen atoms in total. The van der Waals surface area contributed by atoms with Gasteiger partial charge >= 0.3 is 29.6 Å². The molecule has 0 aliphatic heterocycles. The molecule has 0 saturated carbocycles. The molecule has 0 aromatic heterocycles. The summed E-state index contributed by atoms with van der Waals surface area (Å²) in [7, 11) is 1.88. The van der Waals surface area contributed by atoms with E-state index < -0.39 is 0 Å². The van der Waals surface area contributed by atoms with Gasteiger partial charge in [0.1, 0.15) is 0 Å². The van der Waals surface area contributed by atoms with E-state index in [2.05, 4.69) is 5.32 Å². The Kier molecular flexibility index (Phi) is 16.6. The van der Waals surface area contributed by atoms with Gasteiger partial charge in [0.15, 0.2) is 0 Å². The molecule has 2 heteroatoms. The van der Waals surface area contributed by atoms with Crippen LogP contribution in [-0.4, -0.2) is 7.05 Å². The van der Waals surface area contributed by atoms with Crippen LogP contribution >= 0.6 is 0 Å². The predicted molar refractivity (Wildman–Crippen MR) is 19.0 cm³/mol. The molecule has 0 amide bonds. The molecule has 1 N–H and O–H groups in total. The minimum absolute atomic E-state index is 0. The van der Waals surface area contributed by atoms with Gasteiger partial charge in [0.25, 0.3) is 0 Å². The van der Waals surface area contributed by atoms with Crippen LogP contribution in [0.15, 0.2) is 0 Å². The van der Waals surface area contributed by atoms with Crippen molar-refractivity contribution in [3.63, 3.8) is 0 Å². The first-order valence-corrected chi connectivity index (χ1v) is 1.37. The SMILES string of the molecule is C[CH-]NC.[Na+]. The second-order valence-corrected chi connectivity index (χ2v) is 0.577. The van der Waals surface area contributed by atoms with E-state index in [1.54, 1.807) is 0 Å². The normalized spacial score (nSPS) is 6.00. The van der Waals surface area contributed by atoms with Crippen molar-refractivity contribution in [3.05, 3.63) is 6.54 Å². The summed E-state index contributed by atoms with van der Waals surface area (Å²) in [6.45, 7) is 3.82. The van der Waals surface area contributed by atoms with E-state index in [-0.39, 0.29) is 29.6 Å². The smallest absolute Gasteiger partial charge is 0.473 e. The average molecular weight is 81.1 g/mol. The van der Waals surface area contributed by atoms with Crippen molar-refractivity contribution in [2.24, 2.45) is 0 Å². The Labute approximate surface area is 55.4 Å². The third kappa shape index (κ3) is 11.3. The van der Waals surface area contributed by atoms with E-state index in [1.165, 1.54) is 0 Å². The minimum Gasteiger partial charge on any atom is -0.473 e. The van der Waals surface area contributed by atoms with Gasteiger partial charge in [-0.3, -0.25) is 6.54 Å². The van der Waals surface area contributed by atoms with E-state index in [0.717, 1.165) is 0 Å². The van der Waals surface area contributed by atoms with E-state index in [1.807, 2.05) is 20.5 Å². The zero-order valence-corrected chi connectivity index (χ0v) is 6.08. The summed E-state index contributed by atoms with van der Waals surface area (Å²) >= 11 is 0. The molecule has 0 atom stereocenters. The van der Waals surface area contributed by atoms with Crippen LogP contribution in [0.2, 0.25) is 0 Å². The molecule has 0 radical (unpaired) electrons. The molecule has 0 heterocycles. The molecule has 0 saturated heterocycles. The third-order valence-electron chi connectivity index (χ3n) is 0.289. The van der Waals surface area contributed by atoms with Gasteiger partial charge in [0, 0.05) is 0 Å². The first-order valence-electron chi connectivity index (χ1n) is 1.37. The number of hydrogen-bond donors (Lipinski definition) is 1. The molecular weight excluding hydrogens is 73.0 g/mol. The van der Waals surface area contributed by atoms with Gasteiger partial charge in [0.05, 0.1) is 0 Å². The maximum Gasteiger partial charge on any atom is 1.00 e. The number of hydrogen-bond acceptors (Lipinski definition) is 1. The maximum absolute atomic E-state index is 2.81. The van der Waals surface area contributed by atoms with Crippen LogP contribution in [0.3, 0.4) is 0 Å². The van der Waals surface area contributed by atoms with Crippen molar-refractivity contribution in [1.29, 1.82) is 0 Å². The molecule has 0 rings (SSSR count). The summed E-state index contributed by atoms with van der Waals surface area (Å²) in [4.78, 5) is 0. The Balaban J connectivity index is 0. The number of rotatable bonds is 1. The van der Waals surface area contributed by atoms with Crippen LogP contribution in [0, 0.1) is 6.54 Å². The molecule has 0 aromatic rings. The first-order chi connectivity index (χ1) is 1.91. The maximum atomic E-state index is 2.81. The fourth-order valence-electron chi connectivity index (χ4n) is 0. The molecule has 5 heavy (non-hydrogen) atoms. The Morgan fingerprint density at radius 3 is 1.80 bits per heavy atom. The average Bonchev–Trinajstić information content (AvgIpc) is 1.37. The monoisotopic (exact) mass is 81.1 g/mol. The summed E-state index contributed by atoms with van der Waals surface area (Å²) in [5.41, 5.74) is 0. The fourth-order valence-corrected chi connectivity index (χ4v) is 0. The third-order valence-corrected chi connectivity index (χ3v) is 0.289. The van der Waals surface area contributed by atoms with Crippen LogP contribution in [0.5, 0.6) is 0 Å². The molecule has 0 aromatic carbocycles. The van der Waals surface area contributed by atoms with Crippen LogP contribution in [0.25, 0.3) is 0 Å². The second-order valence-electron chi connectivity index (χ2n) is 0.577. The van der Waals surface area contributed by atoms with E-state index in [9.17, 15) is 0 Å². The summed E-state index contributed by atoms with van der Waals surface area (Å²) in [5.74, 6) is 0. The summed E-state index contributed by atoms with van der Waals surface area (Å²) in [6, 6.07) is 0. The zero-order valence-electron chi connectivity index (χ0n) is 4.08. The second kappa shape index (κ2) is 8.88. The molecule has 0 aliphatic carbocycles. The van der Waals surface area contributed by atoms with Crippen molar-refractivity contribution >= 4 is 0 Å². The minimum atomic E-state index is 0. The molecule has 0 spiro atoms. The van der Waals surface area contributed by atoms with E-state index in [4.69, 9.17) is 0 Å². The van der Waals surface area contributed by atoms with Gasteiger partial charge in [0.2, 0.25) is 0 Å². The van der Waals surface area contributed by atoms with Gasteiger partial charge in [-0.1, -0.05) is 0 Å². The topological polar surface area (TPSA) is 12.0 Å². The van der Waals surface area contributed by atoms with Crippen LogP contribution in [0.4, 0.5) is 0 Å². The largest absolute Gasteiger partial charge is 1.00 e. The van der Waals surface area contributed by atoms with Crippen LogP contribution in [-0.2, 0) is 0 Å². The van der Waals surface area contributed by atoms with Gasteiger partial charge in [-0.2, -0.15) is 6.92 Å². The molecule has 26 valence electrons. The molecular formula is C3H8NNa. The van der Waals surface area contributed by atoms with Crippen molar-refractivity contribution in [2.75, 3.05) is 7.05 Å². The molecule has 0 bridgehead atoms. The van der Waals surface area contributed by atoms with Gasteiger partial charge in [-0.15, -0.1) is 0 Å². The van der Waals surface area contributed by atoms with Crippen molar-refractivity contribution < 1.29 is 29.6 Å². The van der Waals surface area contributed by atoms with Crippen LogP contribution in [0.1, 0.15) is 6.92 Å². The molecule has 0 aliphatic rings. The van der Waals surface area contributed by atoms with Crippen LogP contribution < -0.4 is 34.9 Å². The molecule has 0 fully saturated rings. The zero-order chi connectivity index (χ0) is 3.41. The molecule has 0 unspecified atom stereocenters. The Hall–Kier alpha value is 0.960. The number of nitrogens with one attached hydrogen (secondary N) is 1. The van der Waals surface area contributed by atoms with E-state index in [0.29, 0.717) is 0 Å². The fraction of sp³-hybridized carbons (Fsp3) is 0.667. The van der Waals surface area contributed by atoms with E-state index >= 15 is 0 Å². The summed E-state index contributed by atoms with van der Waals surface area (Å²) in [6.07, 6.45) is 0. The predicted octanol–water partition coefficient (Wildman–Crippen LogP) is -2.61. The standard InChI is InChI=1S/C3H8N.Na/c1-3-4-2;/h3-4H,1-2H3;/q-1;+1. The van der Waals surface area contributed by atoms with Gasteiger partial charge in [-0.05, 0) is 7.05 Å². The van der Waals surface area contributed by atoms with Crippen molar-refractivity contribution in [2.45, 2.75) is 6.92 Å². The Morgan fingerprint density at radius 2 is 1.80 bits per heavy atom. The van der Waals surface area contributed by atoms with Gasteiger partial charge in [-0.25, -0.2) is 0 Å². The Bertz CT molecular complexity index is 8.85. The first kappa shape index (κ1) is 9.35. The Morgan fingerprint density at radius 1 is 1.60 bits per heavy atom. The van der Waals surface area contributed by atoms with Crippen molar-refractivity contribution in [1.82, 2.24) is 5.32 Å².